The lowest BCUT2D eigenvalue weighted by Gasteiger charge is -2.05. The van der Waals surface area contributed by atoms with E-state index in [1.807, 2.05) is 11.3 Å². The average molecular weight is 254 g/mol. The van der Waals surface area contributed by atoms with Crippen molar-refractivity contribution in [2.75, 3.05) is 0 Å². The highest BCUT2D eigenvalue weighted by molar-refractivity contribution is 9.11. The Bertz CT molecular complexity index is 231. The van der Waals surface area contributed by atoms with Crippen molar-refractivity contribution in [1.82, 2.24) is 0 Å². The van der Waals surface area contributed by atoms with Gasteiger partial charge in [-0.15, -0.1) is 11.3 Å². The summed E-state index contributed by atoms with van der Waals surface area (Å²) in [5.41, 5.74) is 1.45. The highest BCUT2D eigenvalue weighted by atomic mass is 79.9. The third-order valence-corrected chi connectivity index (χ3v) is 4.50. The largest absolute Gasteiger partial charge is 0.131 e. The average Bonchev–Trinajstić information content (AvgIpc) is 2.19. The van der Waals surface area contributed by atoms with Gasteiger partial charge in [0.1, 0.15) is 0 Å². The molecule has 1 aliphatic carbocycles. The van der Waals surface area contributed by atoms with E-state index in [4.69, 9.17) is 0 Å². The fourth-order valence-electron chi connectivity index (χ4n) is 0.784. The summed E-state index contributed by atoms with van der Waals surface area (Å²) in [5.74, 6) is 0. The first kappa shape index (κ1) is 5.45. The van der Waals surface area contributed by atoms with Gasteiger partial charge in [-0.3, -0.25) is 0 Å². The van der Waals surface area contributed by atoms with E-state index in [1.165, 1.54) is 25.1 Å². The zero-order valence-corrected chi connectivity index (χ0v) is 7.86. The maximum atomic E-state index is 3.46. The molecule has 0 fully saturated rings. The first-order valence-corrected chi connectivity index (χ1v) is 4.65. The molecule has 0 aromatic carbocycles. The van der Waals surface area contributed by atoms with Gasteiger partial charge in [-0.05, 0) is 37.4 Å². The van der Waals surface area contributed by atoms with Gasteiger partial charge in [-0.25, -0.2) is 0 Å². The molecule has 3 heteroatoms. The maximum Gasteiger partial charge on any atom is 0.0748 e. The number of rotatable bonds is 0. The van der Waals surface area contributed by atoms with E-state index < -0.39 is 0 Å². The van der Waals surface area contributed by atoms with Crippen molar-refractivity contribution in [2.45, 2.75) is 6.42 Å². The molecule has 3 rings (SSSR count). The molecule has 42 valence electrons. The Morgan fingerprint density at radius 3 is 2.25 bits per heavy atom. The Hall–Kier alpha value is 0.660. The van der Waals surface area contributed by atoms with Crippen LogP contribution >= 0.6 is 43.2 Å². The molecule has 2 aliphatic rings. The number of thiophene rings is 1. The second-order valence-corrected chi connectivity index (χ2v) is 4.98. The summed E-state index contributed by atoms with van der Waals surface area (Å²) < 4.78 is 2.63. The van der Waals surface area contributed by atoms with Crippen LogP contribution in [0.5, 0.6) is 0 Å². The molecule has 0 saturated heterocycles. The smallest absolute Gasteiger partial charge is 0.0748 e. The van der Waals surface area contributed by atoms with Gasteiger partial charge in [-0.1, -0.05) is 0 Å². The van der Waals surface area contributed by atoms with Crippen molar-refractivity contribution in [1.29, 1.82) is 0 Å². The van der Waals surface area contributed by atoms with Crippen LogP contribution in [0.3, 0.4) is 0 Å². The third-order valence-electron chi connectivity index (χ3n) is 1.30. The van der Waals surface area contributed by atoms with Gasteiger partial charge >= 0.3 is 0 Å². The number of hydrogen-bond acceptors (Lipinski definition) is 1. The molecule has 0 saturated carbocycles. The molecular formula is C5H2Br2S. The van der Waals surface area contributed by atoms with Crippen LogP contribution in [0.15, 0.2) is 8.26 Å². The van der Waals surface area contributed by atoms with Gasteiger partial charge < -0.3 is 0 Å². The van der Waals surface area contributed by atoms with Crippen molar-refractivity contribution in [3.8, 4) is 0 Å². The lowest BCUT2D eigenvalue weighted by Crippen LogP contribution is -1.92. The lowest BCUT2D eigenvalue weighted by atomic mass is 10.1. The quantitative estimate of drug-likeness (QED) is 0.677. The minimum absolute atomic E-state index is 1.19. The molecule has 2 heterocycles. The van der Waals surface area contributed by atoms with Crippen molar-refractivity contribution in [3.05, 3.63) is 18.7 Å². The SMILES string of the molecule is Brc1sc2c(Br)c1C2. The zero-order valence-electron chi connectivity index (χ0n) is 3.87. The second-order valence-electron chi connectivity index (χ2n) is 1.77. The fraction of sp³-hybridized carbons (Fsp3) is 0.200. The monoisotopic (exact) mass is 252 g/mol. The van der Waals surface area contributed by atoms with Crippen LogP contribution in [0.4, 0.5) is 0 Å². The first-order valence-electron chi connectivity index (χ1n) is 2.24. The molecule has 0 spiro atoms. The minimum atomic E-state index is 1.19. The molecular weight excluding hydrogens is 252 g/mol. The topological polar surface area (TPSA) is 0 Å². The Morgan fingerprint density at radius 2 is 2.12 bits per heavy atom. The lowest BCUT2D eigenvalue weighted by molar-refractivity contribution is 1.14. The fourth-order valence-corrected chi connectivity index (χ4v) is 3.77. The van der Waals surface area contributed by atoms with Crippen LogP contribution in [0, 0.1) is 0 Å². The predicted octanol–water partition coefficient (Wildman–Crippen LogP) is 3.18. The molecule has 2 bridgehead atoms. The summed E-state index contributed by atoms with van der Waals surface area (Å²) >= 11 is 8.75. The highest BCUT2D eigenvalue weighted by Gasteiger charge is 2.24. The van der Waals surface area contributed by atoms with Gasteiger partial charge in [0.2, 0.25) is 0 Å². The molecule has 0 atom stereocenters. The van der Waals surface area contributed by atoms with E-state index in [1.54, 1.807) is 0 Å². The highest BCUT2D eigenvalue weighted by Crippen LogP contribution is 2.47. The molecule has 0 radical (unpaired) electrons. The van der Waals surface area contributed by atoms with Gasteiger partial charge in [0.25, 0.3) is 0 Å². The van der Waals surface area contributed by atoms with Crippen molar-refractivity contribution >= 4 is 43.2 Å². The number of fused-ring (bicyclic) bond motifs is 1. The maximum absolute atomic E-state index is 3.46. The van der Waals surface area contributed by atoms with E-state index in [0.717, 1.165) is 0 Å². The number of hydrogen-bond donors (Lipinski definition) is 0. The summed E-state index contributed by atoms with van der Waals surface area (Å²) in [6, 6.07) is 0. The summed E-state index contributed by atoms with van der Waals surface area (Å²) in [5, 5.41) is 0. The van der Waals surface area contributed by atoms with Gasteiger partial charge in [0.15, 0.2) is 0 Å². The van der Waals surface area contributed by atoms with E-state index >= 15 is 0 Å². The van der Waals surface area contributed by atoms with E-state index in [2.05, 4.69) is 31.9 Å². The summed E-state index contributed by atoms with van der Waals surface area (Å²) in [7, 11) is 0. The van der Waals surface area contributed by atoms with Crippen LogP contribution in [0.2, 0.25) is 0 Å². The molecule has 0 N–H and O–H groups in total. The molecule has 1 aliphatic heterocycles. The van der Waals surface area contributed by atoms with Crippen molar-refractivity contribution in [3.63, 3.8) is 0 Å². The Balaban J connectivity index is 2.77. The molecule has 0 nitrogen and oxygen atoms in total. The molecule has 0 unspecified atom stereocenters. The minimum Gasteiger partial charge on any atom is -0.131 e. The van der Waals surface area contributed by atoms with Gasteiger partial charge in [0.05, 0.1) is 3.79 Å². The van der Waals surface area contributed by atoms with Gasteiger partial charge in [-0.2, -0.15) is 0 Å². The van der Waals surface area contributed by atoms with Crippen molar-refractivity contribution < 1.29 is 0 Å². The molecule has 0 amide bonds. The van der Waals surface area contributed by atoms with Crippen LogP contribution in [-0.4, -0.2) is 0 Å². The standard InChI is InChI=1S/C5H2Br2S/c6-4-2-1-3(4)8-5(2)7/h1H2. The molecule has 1 aromatic rings. The Morgan fingerprint density at radius 1 is 1.38 bits per heavy atom. The van der Waals surface area contributed by atoms with E-state index in [9.17, 15) is 0 Å². The van der Waals surface area contributed by atoms with Crippen LogP contribution in [0.25, 0.3) is 0 Å². The van der Waals surface area contributed by atoms with E-state index in [0.29, 0.717) is 0 Å². The second kappa shape index (κ2) is 1.58. The van der Waals surface area contributed by atoms with Crippen molar-refractivity contribution in [2.24, 2.45) is 0 Å². The normalized spacial score (nSPS) is 13.8. The summed E-state index contributed by atoms with van der Waals surface area (Å²) in [4.78, 5) is 1.48. The van der Waals surface area contributed by atoms with Crippen LogP contribution in [-0.2, 0) is 6.42 Å². The number of halogens is 2. The summed E-state index contributed by atoms with van der Waals surface area (Å²) in [6.45, 7) is 0. The van der Waals surface area contributed by atoms with Crippen LogP contribution < -0.4 is 0 Å². The molecule has 8 heavy (non-hydrogen) atoms. The molecule has 1 aromatic heterocycles. The van der Waals surface area contributed by atoms with Gasteiger partial charge in [0, 0.05) is 15.8 Å². The van der Waals surface area contributed by atoms with E-state index in [-0.39, 0.29) is 0 Å². The predicted molar refractivity (Wildman–Crippen MR) is 42.5 cm³/mol. The summed E-state index contributed by atoms with van der Waals surface area (Å²) in [6.07, 6.45) is 1.19. The Labute approximate surface area is 68.2 Å². The zero-order chi connectivity index (χ0) is 5.72. The third kappa shape index (κ3) is 0.500. The first-order chi connectivity index (χ1) is 3.79. The Kier molecular flexibility index (Phi) is 1.08. The van der Waals surface area contributed by atoms with Crippen LogP contribution in [0.1, 0.15) is 10.4 Å².